The van der Waals surface area contributed by atoms with Gasteiger partial charge in [-0.05, 0) is 62.9 Å². The van der Waals surface area contributed by atoms with Crippen LogP contribution in [-0.2, 0) is 0 Å². The quantitative estimate of drug-likeness (QED) is 0.355. The number of carbonyl (C=O) groups is 1. The number of fused-ring (bicyclic) bond motifs is 4. The van der Waals surface area contributed by atoms with Crippen LogP contribution in [0, 0.1) is 0 Å². The molecule has 0 bridgehead atoms. The molecule has 5 rings (SSSR count). The van der Waals surface area contributed by atoms with Crippen LogP contribution in [-0.4, -0.2) is 5.78 Å². The first-order valence-corrected chi connectivity index (χ1v) is 7.84. The lowest BCUT2D eigenvalue weighted by Crippen LogP contribution is -1.93. The number of ketones is 1. The average molecular weight is 294 g/mol. The van der Waals surface area contributed by atoms with E-state index in [1.807, 2.05) is 6.07 Å². The molecule has 1 heteroatoms. The van der Waals surface area contributed by atoms with E-state index >= 15 is 0 Å². The predicted molar refractivity (Wildman–Crippen MR) is 95.9 cm³/mol. The van der Waals surface area contributed by atoms with Crippen molar-refractivity contribution in [2.24, 2.45) is 0 Å². The van der Waals surface area contributed by atoms with Crippen LogP contribution in [0.4, 0.5) is 0 Å². The minimum absolute atomic E-state index is 0.120. The van der Waals surface area contributed by atoms with Crippen LogP contribution in [0.5, 0.6) is 0 Å². The van der Waals surface area contributed by atoms with E-state index in [0.29, 0.717) is 0 Å². The largest absolute Gasteiger partial charge is 0.294 e. The van der Waals surface area contributed by atoms with Gasteiger partial charge in [-0.2, -0.15) is 0 Å². The molecular weight excluding hydrogens is 280 g/mol. The second kappa shape index (κ2) is 4.30. The van der Waals surface area contributed by atoms with Crippen LogP contribution in [0.2, 0.25) is 0 Å². The van der Waals surface area contributed by atoms with Crippen molar-refractivity contribution in [3.63, 3.8) is 0 Å². The summed E-state index contributed by atoms with van der Waals surface area (Å²) in [5.41, 5.74) is 5.82. The van der Waals surface area contributed by atoms with Crippen LogP contribution in [0.1, 0.15) is 17.3 Å². The minimum atomic E-state index is 0.120. The highest BCUT2D eigenvalue weighted by Crippen LogP contribution is 2.49. The molecule has 1 aliphatic rings. The zero-order valence-electron chi connectivity index (χ0n) is 12.8. The van der Waals surface area contributed by atoms with Crippen LogP contribution < -0.4 is 0 Å². The van der Waals surface area contributed by atoms with Gasteiger partial charge in [0, 0.05) is 5.56 Å². The molecule has 4 aromatic carbocycles. The zero-order valence-corrected chi connectivity index (χ0v) is 12.8. The number of hydrogen-bond donors (Lipinski definition) is 0. The first-order valence-electron chi connectivity index (χ1n) is 7.84. The smallest absolute Gasteiger partial charge is 0.160 e. The van der Waals surface area contributed by atoms with Crippen molar-refractivity contribution in [3.8, 4) is 22.3 Å². The number of carbonyl (C=O) groups excluding carboxylic acids is 1. The summed E-state index contributed by atoms with van der Waals surface area (Å²) < 4.78 is 0. The lowest BCUT2D eigenvalue weighted by atomic mass is 9.97. The first kappa shape index (κ1) is 12.6. The van der Waals surface area contributed by atoms with E-state index in [1.165, 1.54) is 38.4 Å². The molecule has 0 N–H and O–H groups in total. The van der Waals surface area contributed by atoms with Crippen LogP contribution in [0.3, 0.4) is 0 Å². The fraction of sp³-hybridized carbons (Fsp3) is 0.0455. The van der Waals surface area contributed by atoms with Crippen molar-refractivity contribution >= 4 is 27.3 Å². The SMILES string of the molecule is CC(=O)c1ccc2c3c(cccc13)-c1cc3ccccc3cc1-2. The third-order valence-corrected chi connectivity index (χ3v) is 4.89. The molecule has 0 aliphatic heterocycles. The van der Waals surface area contributed by atoms with Crippen molar-refractivity contribution in [3.05, 3.63) is 72.3 Å². The highest BCUT2D eigenvalue weighted by atomic mass is 16.1. The fourth-order valence-corrected chi connectivity index (χ4v) is 3.85. The summed E-state index contributed by atoms with van der Waals surface area (Å²) in [6, 6.07) is 23.3. The average Bonchev–Trinajstić information content (AvgIpc) is 2.88. The first-order chi connectivity index (χ1) is 11.2. The maximum absolute atomic E-state index is 12.0. The predicted octanol–water partition coefficient (Wildman–Crippen LogP) is 5.84. The van der Waals surface area contributed by atoms with Gasteiger partial charge in [-0.1, -0.05) is 54.6 Å². The summed E-state index contributed by atoms with van der Waals surface area (Å²) in [5, 5.41) is 4.78. The molecule has 0 amide bonds. The Balaban J connectivity index is 1.96. The van der Waals surface area contributed by atoms with Gasteiger partial charge in [0.1, 0.15) is 0 Å². The van der Waals surface area contributed by atoms with Gasteiger partial charge >= 0.3 is 0 Å². The normalized spacial score (nSPS) is 11.9. The van der Waals surface area contributed by atoms with Gasteiger partial charge < -0.3 is 0 Å². The standard InChI is InChI=1S/C22H14O/c1-13(23)16-9-10-19-21-12-15-6-3-2-5-14(15)11-20(21)18-8-4-7-17(16)22(18)19/h2-12H,1H3. The van der Waals surface area contributed by atoms with E-state index in [0.717, 1.165) is 10.9 Å². The van der Waals surface area contributed by atoms with Crippen LogP contribution in [0.15, 0.2) is 66.7 Å². The molecule has 4 aromatic rings. The molecule has 0 spiro atoms. The van der Waals surface area contributed by atoms with Crippen LogP contribution >= 0.6 is 0 Å². The Morgan fingerprint density at radius 1 is 0.696 bits per heavy atom. The number of benzene rings is 4. The molecule has 1 nitrogen and oxygen atoms in total. The van der Waals surface area contributed by atoms with Gasteiger partial charge in [-0.25, -0.2) is 0 Å². The second-order valence-electron chi connectivity index (χ2n) is 6.19. The maximum atomic E-state index is 12.0. The molecule has 0 radical (unpaired) electrons. The van der Waals surface area contributed by atoms with Gasteiger partial charge in [-0.15, -0.1) is 0 Å². The van der Waals surface area contributed by atoms with E-state index < -0.39 is 0 Å². The third kappa shape index (κ3) is 1.59. The fourth-order valence-electron chi connectivity index (χ4n) is 3.85. The van der Waals surface area contributed by atoms with E-state index in [9.17, 15) is 4.79 Å². The molecule has 0 aromatic heterocycles. The number of hydrogen-bond acceptors (Lipinski definition) is 1. The highest BCUT2D eigenvalue weighted by Gasteiger charge is 2.23. The molecule has 0 fully saturated rings. The van der Waals surface area contributed by atoms with E-state index in [2.05, 4.69) is 60.7 Å². The maximum Gasteiger partial charge on any atom is 0.160 e. The van der Waals surface area contributed by atoms with Crippen molar-refractivity contribution in [1.29, 1.82) is 0 Å². The second-order valence-corrected chi connectivity index (χ2v) is 6.19. The van der Waals surface area contributed by atoms with E-state index in [-0.39, 0.29) is 5.78 Å². The molecule has 0 heterocycles. The summed E-state index contributed by atoms with van der Waals surface area (Å²) in [4.78, 5) is 12.0. The molecule has 23 heavy (non-hydrogen) atoms. The molecule has 0 saturated carbocycles. The monoisotopic (exact) mass is 294 g/mol. The number of Topliss-reactive ketones (excluding diaryl/α,β-unsaturated/α-hetero) is 1. The molecule has 0 atom stereocenters. The third-order valence-electron chi connectivity index (χ3n) is 4.89. The molecule has 108 valence electrons. The lowest BCUT2D eigenvalue weighted by Gasteiger charge is -2.06. The summed E-state index contributed by atoms with van der Waals surface area (Å²) in [5.74, 6) is 0.120. The Bertz CT molecular complexity index is 1090. The van der Waals surface area contributed by atoms with Gasteiger partial charge in [-0.3, -0.25) is 4.79 Å². The summed E-state index contributed by atoms with van der Waals surface area (Å²) in [6.45, 7) is 1.64. The number of rotatable bonds is 1. The topological polar surface area (TPSA) is 17.1 Å². The zero-order chi connectivity index (χ0) is 15.6. The Hall–Kier alpha value is -2.93. The molecular formula is C22H14O. The minimum Gasteiger partial charge on any atom is -0.294 e. The summed E-state index contributed by atoms with van der Waals surface area (Å²) in [7, 11) is 0. The molecule has 0 saturated heterocycles. The Morgan fingerprint density at radius 3 is 2.00 bits per heavy atom. The van der Waals surface area contributed by atoms with Gasteiger partial charge in [0.15, 0.2) is 5.78 Å². The van der Waals surface area contributed by atoms with E-state index in [4.69, 9.17) is 0 Å². The Labute approximate surface area is 134 Å². The van der Waals surface area contributed by atoms with Gasteiger partial charge in [0.05, 0.1) is 0 Å². The van der Waals surface area contributed by atoms with Gasteiger partial charge in [0.25, 0.3) is 0 Å². The lowest BCUT2D eigenvalue weighted by molar-refractivity contribution is 0.101. The van der Waals surface area contributed by atoms with Crippen molar-refractivity contribution in [2.45, 2.75) is 6.92 Å². The summed E-state index contributed by atoms with van der Waals surface area (Å²) in [6.07, 6.45) is 0. The van der Waals surface area contributed by atoms with Crippen LogP contribution in [0.25, 0.3) is 43.8 Å². The Morgan fingerprint density at radius 2 is 1.35 bits per heavy atom. The highest BCUT2D eigenvalue weighted by molar-refractivity contribution is 6.21. The Kier molecular flexibility index (Phi) is 2.35. The summed E-state index contributed by atoms with van der Waals surface area (Å²) >= 11 is 0. The van der Waals surface area contributed by atoms with Crippen molar-refractivity contribution < 1.29 is 4.79 Å². The van der Waals surface area contributed by atoms with Crippen molar-refractivity contribution in [2.75, 3.05) is 0 Å². The molecule has 1 aliphatic carbocycles. The van der Waals surface area contributed by atoms with Gasteiger partial charge in [0.2, 0.25) is 0 Å². The van der Waals surface area contributed by atoms with E-state index in [1.54, 1.807) is 6.92 Å². The molecule has 0 unspecified atom stereocenters. The van der Waals surface area contributed by atoms with Crippen molar-refractivity contribution in [1.82, 2.24) is 0 Å².